The van der Waals surface area contributed by atoms with Gasteiger partial charge >= 0.3 is 12.0 Å². The fourth-order valence-electron chi connectivity index (χ4n) is 3.00. The van der Waals surface area contributed by atoms with Crippen molar-refractivity contribution in [2.24, 2.45) is 0 Å². The van der Waals surface area contributed by atoms with Crippen LogP contribution in [0.1, 0.15) is 57.1 Å². The molecule has 0 heterocycles. The van der Waals surface area contributed by atoms with E-state index in [4.69, 9.17) is 4.74 Å². The molecule has 0 aliphatic heterocycles. The van der Waals surface area contributed by atoms with Gasteiger partial charge in [-0.25, -0.2) is 4.79 Å². The van der Waals surface area contributed by atoms with Crippen molar-refractivity contribution < 1.29 is 19.1 Å². The van der Waals surface area contributed by atoms with Crippen LogP contribution in [0.3, 0.4) is 0 Å². The van der Waals surface area contributed by atoms with Crippen LogP contribution in [0.25, 0.3) is 0 Å². The Kier molecular flexibility index (Phi) is 7.63. The molecule has 1 fully saturated rings. The van der Waals surface area contributed by atoms with Gasteiger partial charge in [-0.2, -0.15) is 0 Å². The lowest BCUT2D eigenvalue weighted by atomic mass is 10.1. The first kappa shape index (κ1) is 19.9. The van der Waals surface area contributed by atoms with E-state index in [1.807, 2.05) is 24.3 Å². The quantitative estimate of drug-likeness (QED) is 0.732. The summed E-state index contributed by atoms with van der Waals surface area (Å²) >= 11 is 0. The van der Waals surface area contributed by atoms with E-state index in [1.165, 1.54) is 12.5 Å². The van der Waals surface area contributed by atoms with E-state index < -0.39 is 24.0 Å². The second-order valence-electron chi connectivity index (χ2n) is 6.75. The molecular weight excluding hydrogens is 332 g/mol. The number of carbonyl (C=O) groups is 3. The minimum absolute atomic E-state index is 0.125. The largest absolute Gasteiger partial charge is 0.453 e. The number of carbonyl (C=O) groups excluding carboxylic acids is 3. The number of hydrogen-bond acceptors (Lipinski definition) is 4. The number of esters is 1. The Balaban J connectivity index is 1.69. The van der Waals surface area contributed by atoms with E-state index >= 15 is 0 Å². The van der Waals surface area contributed by atoms with E-state index in [-0.39, 0.29) is 12.5 Å². The van der Waals surface area contributed by atoms with Gasteiger partial charge in [0.05, 0.1) is 0 Å². The van der Waals surface area contributed by atoms with Crippen molar-refractivity contribution in [2.45, 2.75) is 70.9 Å². The predicted octanol–water partition coefficient (Wildman–Crippen LogP) is 2.88. The lowest BCUT2D eigenvalue weighted by molar-refractivity contribution is -0.154. The summed E-state index contributed by atoms with van der Waals surface area (Å²) in [6.07, 6.45) is 4.78. The molecule has 0 unspecified atom stereocenters. The molecule has 0 saturated heterocycles. The lowest BCUT2D eigenvalue weighted by Crippen LogP contribution is -2.47. The topological polar surface area (TPSA) is 84.5 Å². The number of urea groups is 1. The predicted molar refractivity (Wildman–Crippen MR) is 98.6 cm³/mol. The summed E-state index contributed by atoms with van der Waals surface area (Å²) < 4.78 is 5.12. The third-order valence-electron chi connectivity index (χ3n) is 4.65. The zero-order valence-corrected chi connectivity index (χ0v) is 15.5. The third-order valence-corrected chi connectivity index (χ3v) is 4.65. The van der Waals surface area contributed by atoms with Crippen molar-refractivity contribution in [3.05, 3.63) is 35.4 Å². The Hall–Kier alpha value is -2.37. The molecule has 2 rings (SSSR count). The Morgan fingerprint density at radius 1 is 1.12 bits per heavy atom. The molecule has 1 aliphatic carbocycles. The van der Waals surface area contributed by atoms with Crippen molar-refractivity contribution in [2.75, 3.05) is 0 Å². The summed E-state index contributed by atoms with van der Waals surface area (Å²) in [7, 11) is 0. The minimum Gasteiger partial charge on any atom is -0.453 e. The molecule has 142 valence electrons. The number of imide groups is 1. The average Bonchev–Trinajstić information content (AvgIpc) is 3.13. The van der Waals surface area contributed by atoms with Crippen LogP contribution in [0.4, 0.5) is 4.79 Å². The summed E-state index contributed by atoms with van der Waals surface area (Å²) in [5.74, 6) is -1.07. The number of amides is 3. The normalized spacial score (nSPS) is 15.3. The summed E-state index contributed by atoms with van der Waals surface area (Å²) in [4.78, 5) is 35.7. The highest BCUT2D eigenvalue weighted by molar-refractivity contribution is 5.97. The molecular formula is C20H28N2O4. The van der Waals surface area contributed by atoms with Gasteiger partial charge in [0, 0.05) is 12.5 Å². The molecule has 1 atom stereocenters. The van der Waals surface area contributed by atoms with E-state index in [0.29, 0.717) is 6.42 Å². The SMILES string of the molecule is CCc1ccc(CCC(=O)O[C@@H](C)C(=O)NC(=O)NC2CCCC2)cc1. The maximum atomic E-state index is 12.0. The molecule has 2 N–H and O–H groups in total. The number of aryl methyl sites for hydroxylation is 2. The van der Waals surface area contributed by atoms with Crippen molar-refractivity contribution in [1.82, 2.24) is 10.6 Å². The zero-order valence-electron chi connectivity index (χ0n) is 15.5. The average molecular weight is 360 g/mol. The van der Waals surface area contributed by atoms with Crippen molar-refractivity contribution >= 4 is 17.9 Å². The van der Waals surface area contributed by atoms with Gasteiger partial charge in [-0.05, 0) is 43.7 Å². The summed E-state index contributed by atoms with van der Waals surface area (Å²) in [5, 5.41) is 4.99. The van der Waals surface area contributed by atoms with E-state index in [9.17, 15) is 14.4 Å². The van der Waals surface area contributed by atoms with Gasteiger partial charge in [-0.3, -0.25) is 14.9 Å². The molecule has 1 aromatic rings. The van der Waals surface area contributed by atoms with Gasteiger partial charge in [0.1, 0.15) is 0 Å². The standard InChI is InChI=1S/C20H28N2O4/c1-3-15-8-10-16(11-9-15)12-13-18(23)26-14(2)19(24)22-20(25)21-17-6-4-5-7-17/h8-11,14,17H,3-7,12-13H2,1-2H3,(H2,21,22,24,25)/t14-/m0/s1. The highest BCUT2D eigenvalue weighted by Gasteiger charge is 2.22. The van der Waals surface area contributed by atoms with Crippen LogP contribution in [-0.2, 0) is 27.2 Å². The van der Waals surface area contributed by atoms with Gasteiger partial charge in [0.25, 0.3) is 5.91 Å². The first-order valence-electron chi connectivity index (χ1n) is 9.36. The number of rotatable bonds is 7. The molecule has 26 heavy (non-hydrogen) atoms. The van der Waals surface area contributed by atoms with Crippen LogP contribution in [0.2, 0.25) is 0 Å². The van der Waals surface area contributed by atoms with Gasteiger partial charge in [-0.1, -0.05) is 44.0 Å². The Morgan fingerprint density at radius 3 is 2.35 bits per heavy atom. The van der Waals surface area contributed by atoms with Crippen LogP contribution in [0, 0.1) is 0 Å². The van der Waals surface area contributed by atoms with Crippen LogP contribution in [-0.4, -0.2) is 30.1 Å². The smallest absolute Gasteiger partial charge is 0.321 e. The number of nitrogens with one attached hydrogen (secondary N) is 2. The van der Waals surface area contributed by atoms with Gasteiger partial charge in [-0.15, -0.1) is 0 Å². The van der Waals surface area contributed by atoms with Gasteiger partial charge < -0.3 is 10.1 Å². The first-order chi connectivity index (χ1) is 12.5. The van der Waals surface area contributed by atoms with Gasteiger partial charge in [0.2, 0.25) is 0 Å². The molecule has 0 aromatic heterocycles. The van der Waals surface area contributed by atoms with Crippen molar-refractivity contribution in [1.29, 1.82) is 0 Å². The molecule has 6 heteroatoms. The molecule has 0 bridgehead atoms. The fraction of sp³-hybridized carbons (Fsp3) is 0.550. The third kappa shape index (κ3) is 6.50. The second kappa shape index (κ2) is 9.94. The van der Waals surface area contributed by atoms with Crippen molar-refractivity contribution in [3.63, 3.8) is 0 Å². The molecule has 1 aromatic carbocycles. The van der Waals surface area contributed by atoms with Crippen LogP contribution in [0.15, 0.2) is 24.3 Å². The first-order valence-corrected chi connectivity index (χ1v) is 9.36. The van der Waals surface area contributed by atoms with Crippen LogP contribution in [0.5, 0.6) is 0 Å². The van der Waals surface area contributed by atoms with E-state index in [1.54, 1.807) is 0 Å². The summed E-state index contributed by atoms with van der Waals surface area (Å²) in [6, 6.07) is 7.67. The molecule has 0 spiro atoms. The highest BCUT2D eigenvalue weighted by Crippen LogP contribution is 2.17. The van der Waals surface area contributed by atoms with Crippen LogP contribution >= 0.6 is 0 Å². The molecule has 6 nitrogen and oxygen atoms in total. The highest BCUT2D eigenvalue weighted by atomic mass is 16.5. The summed E-state index contributed by atoms with van der Waals surface area (Å²) in [5.41, 5.74) is 2.30. The monoisotopic (exact) mass is 360 g/mol. The van der Waals surface area contributed by atoms with E-state index in [2.05, 4.69) is 17.6 Å². The minimum atomic E-state index is -1.00. The maximum Gasteiger partial charge on any atom is 0.321 e. The number of ether oxygens (including phenoxy) is 1. The van der Waals surface area contributed by atoms with E-state index in [0.717, 1.165) is 37.7 Å². The molecule has 1 aliphatic rings. The Bertz CT molecular complexity index is 621. The maximum absolute atomic E-state index is 12.0. The number of benzene rings is 1. The van der Waals surface area contributed by atoms with Crippen LogP contribution < -0.4 is 10.6 Å². The second-order valence-corrected chi connectivity index (χ2v) is 6.75. The Morgan fingerprint density at radius 2 is 1.73 bits per heavy atom. The number of hydrogen-bond donors (Lipinski definition) is 2. The summed E-state index contributed by atoms with van der Waals surface area (Å²) in [6.45, 7) is 3.55. The molecule has 0 radical (unpaired) electrons. The molecule has 1 saturated carbocycles. The fourth-order valence-corrected chi connectivity index (χ4v) is 3.00. The lowest BCUT2D eigenvalue weighted by Gasteiger charge is -2.15. The zero-order chi connectivity index (χ0) is 18.9. The van der Waals surface area contributed by atoms with Gasteiger partial charge in [0.15, 0.2) is 6.10 Å². The Labute approximate surface area is 154 Å². The molecule has 3 amide bonds. The van der Waals surface area contributed by atoms with Crippen molar-refractivity contribution in [3.8, 4) is 0 Å².